The third-order valence-corrected chi connectivity index (χ3v) is 1.56. The Hall–Kier alpha value is -1.40. The van der Waals surface area contributed by atoms with Gasteiger partial charge in [0, 0.05) is 13.2 Å². The molecule has 0 saturated heterocycles. The van der Waals surface area contributed by atoms with Gasteiger partial charge < -0.3 is 14.7 Å². The van der Waals surface area contributed by atoms with Gasteiger partial charge in [0.2, 0.25) is 5.76 Å². The van der Waals surface area contributed by atoms with E-state index in [1.165, 1.54) is 0 Å². The molecule has 0 bridgehead atoms. The first kappa shape index (κ1) is 10.7. The molecule has 14 heavy (non-hydrogen) atoms. The summed E-state index contributed by atoms with van der Waals surface area (Å²) in [5, 5.41) is 3.73. The van der Waals surface area contributed by atoms with E-state index in [0.29, 0.717) is 24.7 Å². The van der Waals surface area contributed by atoms with Gasteiger partial charge in [-0.05, 0) is 6.92 Å². The molecular formula is C8H14N4O2. The highest BCUT2D eigenvalue weighted by molar-refractivity contribution is 5.95. The molecule has 0 aliphatic heterocycles. The van der Waals surface area contributed by atoms with E-state index >= 15 is 0 Å². The van der Waals surface area contributed by atoms with Crippen molar-refractivity contribution in [2.24, 2.45) is 10.8 Å². The predicted octanol–water partition coefficient (Wildman–Crippen LogP) is -0.161. The number of amidine groups is 1. The Morgan fingerprint density at radius 3 is 3.07 bits per heavy atom. The van der Waals surface area contributed by atoms with Gasteiger partial charge in [-0.3, -0.25) is 4.99 Å². The molecule has 0 saturated carbocycles. The highest BCUT2D eigenvalue weighted by atomic mass is 16.5. The second-order valence-corrected chi connectivity index (χ2v) is 2.70. The number of hydrogen-bond acceptors (Lipinski definition) is 5. The van der Waals surface area contributed by atoms with Crippen LogP contribution >= 0.6 is 0 Å². The van der Waals surface area contributed by atoms with Crippen molar-refractivity contribution in [3.8, 4) is 0 Å². The summed E-state index contributed by atoms with van der Waals surface area (Å²) in [4.78, 5) is 4.14. The first-order valence-electron chi connectivity index (χ1n) is 4.21. The molecule has 0 radical (unpaired) electrons. The fraction of sp³-hybridized carbons (Fsp3) is 0.500. The Bertz CT molecular complexity index is 308. The van der Waals surface area contributed by atoms with Crippen LogP contribution in [0, 0.1) is 6.92 Å². The van der Waals surface area contributed by atoms with Crippen molar-refractivity contribution in [2.45, 2.75) is 6.92 Å². The van der Waals surface area contributed by atoms with Crippen molar-refractivity contribution < 1.29 is 9.26 Å². The summed E-state index contributed by atoms with van der Waals surface area (Å²) in [6.07, 6.45) is 0. The summed E-state index contributed by atoms with van der Waals surface area (Å²) >= 11 is 0. The maximum Gasteiger partial charge on any atom is 0.202 e. The topological polar surface area (TPSA) is 85.7 Å². The number of hydrazine groups is 1. The molecule has 6 nitrogen and oxygen atoms in total. The Morgan fingerprint density at radius 2 is 2.57 bits per heavy atom. The van der Waals surface area contributed by atoms with Gasteiger partial charge in [0.15, 0.2) is 5.84 Å². The number of nitrogens with two attached hydrogens (primary N) is 1. The number of aliphatic imine (C=N–C) groups is 1. The summed E-state index contributed by atoms with van der Waals surface area (Å²) in [7, 11) is 1.61. The molecule has 0 aliphatic carbocycles. The number of aryl methyl sites for hydroxylation is 1. The summed E-state index contributed by atoms with van der Waals surface area (Å²) in [6.45, 7) is 2.89. The summed E-state index contributed by atoms with van der Waals surface area (Å²) in [6, 6.07) is 1.76. The molecule has 1 aromatic rings. The third kappa shape index (κ3) is 2.82. The Balaban J connectivity index is 2.66. The van der Waals surface area contributed by atoms with E-state index < -0.39 is 0 Å². The second kappa shape index (κ2) is 5.36. The van der Waals surface area contributed by atoms with Crippen LogP contribution in [-0.4, -0.2) is 31.3 Å². The quantitative estimate of drug-likeness (QED) is 0.231. The SMILES string of the molecule is COCCN=C(NN)c1cc(C)no1. The lowest BCUT2D eigenvalue weighted by atomic mass is 10.3. The molecule has 0 unspecified atom stereocenters. The van der Waals surface area contributed by atoms with Crippen LogP contribution in [0.4, 0.5) is 0 Å². The molecule has 0 aromatic carbocycles. The maximum absolute atomic E-state index is 5.29. The van der Waals surface area contributed by atoms with E-state index in [1.807, 2.05) is 6.92 Å². The largest absolute Gasteiger partial charge is 0.383 e. The van der Waals surface area contributed by atoms with Gasteiger partial charge in [-0.25, -0.2) is 5.84 Å². The van der Waals surface area contributed by atoms with Crippen molar-refractivity contribution in [3.63, 3.8) is 0 Å². The zero-order valence-corrected chi connectivity index (χ0v) is 8.28. The minimum Gasteiger partial charge on any atom is -0.383 e. The fourth-order valence-electron chi connectivity index (χ4n) is 0.919. The number of nitrogens with one attached hydrogen (secondary N) is 1. The molecule has 3 N–H and O–H groups in total. The van der Waals surface area contributed by atoms with Crippen LogP contribution in [0.1, 0.15) is 11.5 Å². The van der Waals surface area contributed by atoms with Gasteiger partial charge in [0.1, 0.15) is 0 Å². The minimum atomic E-state index is 0.475. The van der Waals surface area contributed by atoms with Crippen molar-refractivity contribution in [3.05, 3.63) is 17.5 Å². The molecule has 0 spiro atoms. The molecule has 6 heteroatoms. The van der Waals surface area contributed by atoms with Crippen LogP contribution in [0.5, 0.6) is 0 Å². The van der Waals surface area contributed by atoms with Crippen molar-refractivity contribution in [2.75, 3.05) is 20.3 Å². The minimum absolute atomic E-state index is 0.475. The summed E-state index contributed by atoms with van der Waals surface area (Å²) < 4.78 is 9.84. The van der Waals surface area contributed by atoms with E-state index in [0.717, 1.165) is 5.69 Å². The average Bonchev–Trinajstić information content (AvgIpc) is 2.60. The first-order valence-corrected chi connectivity index (χ1v) is 4.21. The van der Waals surface area contributed by atoms with Gasteiger partial charge in [0.05, 0.1) is 18.8 Å². The molecule has 0 amide bonds. The van der Waals surface area contributed by atoms with Gasteiger partial charge >= 0.3 is 0 Å². The van der Waals surface area contributed by atoms with Crippen LogP contribution in [0.3, 0.4) is 0 Å². The molecule has 1 heterocycles. The third-order valence-electron chi connectivity index (χ3n) is 1.56. The van der Waals surface area contributed by atoms with Gasteiger partial charge in [-0.15, -0.1) is 0 Å². The highest BCUT2D eigenvalue weighted by Gasteiger charge is 2.06. The van der Waals surface area contributed by atoms with Gasteiger partial charge in [0.25, 0.3) is 0 Å². The number of hydrogen-bond donors (Lipinski definition) is 2. The molecule has 1 rings (SSSR count). The maximum atomic E-state index is 5.29. The number of nitrogens with zero attached hydrogens (tertiary/aromatic N) is 2. The summed E-state index contributed by atoms with van der Waals surface area (Å²) in [5.41, 5.74) is 3.24. The van der Waals surface area contributed by atoms with Crippen LogP contribution in [0.25, 0.3) is 0 Å². The molecule has 0 fully saturated rings. The molecule has 1 aromatic heterocycles. The molecule has 0 atom stereocenters. The smallest absolute Gasteiger partial charge is 0.202 e. The van der Waals surface area contributed by atoms with Crippen LogP contribution in [0.15, 0.2) is 15.6 Å². The van der Waals surface area contributed by atoms with Crippen molar-refractivity contribution >= 4 is 5.84 Å². The van der Waals surface area contributed by atoms with Crippen LogP contribution < -0.4 is 11.3 Å². The highest BCUT2D eigenvalue weighted by Crippen LogP contribution is 2.01. The number of methoxy groups -OCH3 is 1. The molecular weight excluding hydrogens is 184 g/mol. The average molecular weight is 198 g/mol. The standard InChI is InChI=1S/C8H14N4O2/c1-6-5-7(14-12-6)8(11-9)10-3-4-13-2/h5H,3-4,9H2,1-2H3,(H,10,11). The Morgan fingerprint density at radius 1 is 1.79 bits per heavy atom. The molecule has 78 valence electrons. The molecule has 0 aliphatic rings. The van der Waals surface area contributed by atoms with E-state index in [-0.39, 0.29) is 0 Å². The van der Waals surface area contributed by atoms with Crippen LogP contribution in [0.2, 0.25) is 0 Å². The summed E-state index contributed by atoms with van der Waals surface area (Å²) in [5.74, 6) is 6.29. The zero-order chi connectivity index (χ0) is 10.4. The monoisotopic (exact) mass is 198 g/mol. The lowest BCUT2D eigenvalue weighted by Crippen LogP contribution is -2.31. The van der Waals surface area contributed by atoms with E-state index in [4.69, 9.17) is 15.1 Å². The number of aromatic nitrogens is 1. The van der Waals surface area contributed by atoms with Crippen molar-refractivity contribution in [1.29, 1.82) is 0 Å². The lowest BCUT2D eigenvalue weighted by Gasteiger charge is -2.00. The zero-order valence-electron chi connectivity index (χ0n) is 8.28. The predicted molar refractivity (Wildman–Crippen MR) is 51.8 cm³/mol. The van der Waals surface area contributed by atoms with Crippen LogP contribution in [-0.2, 0) is 4.74 Å². The normalized spacial score (nSPS) is 11.8. The van der Waals surface area contributed by atoms with E-state index in [1.54, 1.807) is 13.2 Å². The first-order chi connectivity index (χ1) is 6.77. The van der Waals surface area contributed by atoms with E-state index in [2.05, 4.69) is 15.6 Å². The lowest BCUT2D eigenvalue weighted by molar-refractivity contribution is 0.208. The second-order valence-electron chi connectivity index (χ2n) is 2.70. The van der Waals surface area contributed by atoms with Gasteiger partial charge in [-0.1, -0.05) is 5.16 Å². The number of rotatable bonds is 4. The Labute approximate surface area is 82.1 Å². The van der Waals surface area contributed by atoms with Crippen molar-refractivity contribution in [1.82, 2.24) is 10.6 Å². The van der Waals surface area contributed by atoms with Gasteiger partial charge in [-0.2, -0.15) is 0 Å². The number of ether oxygens (including phenoxy) is 1. The van der Waals surface area contributed by atoms with E-state index in [9.17, 15) is 0 Å². The Kier molecular flexibility index (Phi) is 4.09. The fourth-order valence-corrected chi connectivity index (χ4v) is 0.919.